The predicted molar refractivity (Wildman–Crippen MR) is 63.5 cm³/mol. The fourth-order valence-electron chi connectivity index (χ4n) is 1.97. The van der Waals surface area contributed by atoms with Gasteiger partial charge in [-0.2, -0.15) is 0 Å². The molecular weight excluding hydrogens is 234 g/mol. The van der Waals surface area contributed by atoms with Crippen LogP contribution < -0.4 is 5.32 Å². The molecule has 1 aliphatic rings. The average Bonchev–Trinajstić information content (AvgIpc) is 2.67. The molecule has 98 valence electrons. The van der Waals surface area contributed by atoms with Crippen LogP contribution in [0.2, 0.25) is 0 Å². The fourth-order valence-corrected chi connectivity index (χ4v) is 1.97. The third kappa shape index (κ3) is 2.10. The standard InChI is InChI=1S/C12H17N3O3/c1-7-5-13-9(18-7)6-15-8(2)10(16)14-12(3,4)11(15)17/h5,8H,6H2,1-4H3,(H,14,16). The van der Waals surface area contributed by atoms with Crippen LogP contribution in [-0.2, 0) is 16.1 Å². The van der Waals surface area contributed by atoms with E-state index in [1.165, 1.54) is 4.90 Å². The van der Waals surface area contributed by atoms with Crippen molar-refractivity contribution in [2.45, 2.75) is 45.8 Å². The maximum atomic E-state index is 12.3. The number of nitrogens with one attached hydrogen (secondary N) is 1. The number of aryl methyl sites for hydroxylation is 1. The molecule has 1 aromatic rings. The van der Waals surface area contributed by atoms with Gasteiger partial charge in [-0.25, -0.2) is 4.98 Å². The molecule has 0 spiro atoms. The van der Waals surface area contributed by atoms with E-state index in [0.29, 0.717) is 11.7 Å². The van der Waals surface area contributed by atoms with E-state index in [0.717, 1.165) is 0 Å². The first-order valence-electron chi connectivity index (χ1n) is 5.85. The highest BCUT2D eigenvalue weighted by atomic mass is 16.4. The summed E-state index contributed by atoms with van der Waals surface area (Å²) in [6, 6.07) is -0.516. The van der Waals surface area contributed by atoms with Gasteiger partial charge in [-0.3, -0.25) is 9.59 Å². The number of hydrogen-bond acceptors (Lipinski definition) is 4. The van der Waals surface area contributed by atoms with Gasteiger partial charge >= 0.3 is 0 Å². The van der Waals surface area contributed by atoms with E-state index in [9.17, 15) is 9.59 Å². The van der Waals surface area contributed by atoms with Crippen LogP contribution in [0, 0.1) is 6.92 Å². The van der Waals surface area contributed by atoms with E-state index in [2.05, 4.69) is 10.3 Å². The van der Waals surface area contributed by atoms with Crippen molar-refractivity contribution in [1.29, 1.82) is 0 Å². The molecular formula is C12H17N3O3. The van der Waals surface area contributed by atoms with Gasteiger partial charge in [0.25, 0.3) is 0 Å². The Morgan fingerprint density at radius 3 is 2.72 bits per heavy atom. The molecule has 1 aromatic heterocycles. The average molecular weight is 251 g/mol. The largest absolute Gasteiger partial charge is 0.444 e. The molecule has 0 bridgehead atoms. The summed E-state index contributed by atoms with van der Waals surface area (Å²) >= 11 is 0. The zero-order valence-corrected chi connectivity index (χ0v) is 11.0. The van der Waals surface area contributed by atoms with Crippen molar-refractivity contribution in [3.8, 4) is 0 Å². The lowest BCUT2D eigenvalue weighted by Crippen LogP contribution is -2.66. The quantitative estimate of drug-likeness (QED) is 0.835. The number of amides is 2. The summed E-state index contributed by atoms with van der Waals surface area (Å²) in [5, 5.41) is 2.69. The number of carbonyl (C=O) groups excluding carboxylic acids is 2. The van der Waals surface area contributed by atoms with Crippen LogP contribution in [0.25, 0.3) is 0 Å². The summed E-state index contributed by atoms with van der Waals surface area (Å²) in [5.41, 5.74) is -0.884. The summed E-state index contributed by atoms with van der Waals surface area (Å²) in [4.78, 5) is 29.6. The lowest BCUT2D eigenvalue weighted by Gasteiger charge is -2.40. The van der Waals surface area contributed by atoms with Crippen LogP contribution in [0.1, 0.15) is 32.4 Å². The summed E-state index contributed by atoms with van der Waals surface area (Å²) < 4.78 is 5.35. The minimum absolute atomic E-state index is 0.134. The molecule has 1 N–H and O–H groups in total. The van der Waals surface area contributed by atoms with Crippen molar-refractivity contribution in [1.82, 2.24) is 15.2 Å². The molecule has 0 saturated carbocycles. The lowest BCUT2D eigenvalue weighted by molar-refractivity contribution is -0.153. The van der Waals surface area contributed by atoms with Crippen LogP contribution >= 0.6 is 0 Å². The second kappa shape index (κ2) is 4.12. The maximum Gasteiger partial charge on any atom is 0.248 e. The minimum atomic E-state index is -0.884. The van der Waals surface area contributed by atoms with Crippen molar-refractivity contribution in [2.24, 2.45) is 0 Å². The van der Waals surface area contributed by atoms with E-state index in [1.54, 1.807) is 33.9 Å². The van der Waals surface area contributed by atoms with Gasteiger partial charge in [-0.1, -0.05) is 0 Å². The first kappa shape index (κ1) is 12.6. The molecule has 1 aliphatic heterocycles. The number of aromatic nitrogens is 1. The number of nitrogens with zero attached hydrogens (tertiary/aromatic N) is 2. The third-order valence-corrected chi connectivity index (χ3v) is 3.05. The van der Waals surface area contributed by atoms with Crippen molar-refractivity contribution >= 4 is 11.8 Å². The van der Waals surface area contributed by atoms with Crippen LogP contribution in [0.3, 0.4) is 0 Å². The Kier molecular flexibility index (Phi) is 2.88. The van der Waals surface area contributed by atoms with Crippen molar-refractivity contribution in [3.05, 3.63) is 17.8 Å². The molecule has 0 radical (unpaired) electrons. The molecule has 6 heteroatoms. The van der Waals surface area contributed by atoms with Gasteiger partial charge in [-0.05, 0) is 27.7 Å². The number of oxazole rings is 1. The van der Waals surface area contributed by atoms with Crippen molar-refractivity contribution in [2.75, 3.05) is 0 Å². The molecule has 2 rings (SSSR count). The Bertz CT molecular complexity index is 493. The smallest absolute Gasteiger partial charge is 0.248 e. The highest BCUT2D eigenvalue weighted by molar-refractivity contribution is 5.98. The van der Waals surface area contributed by atoms with E-state index >= 15 is 0 Å². The molecule has 1 unspecified atom stereocenters. The topological polar surface area (TPSA) is 75.4 Å². The monoisotopic (exact) mass is 251 g/mol. The SMILES string of the molecule is Cc1cnc(CN2C(=O)C(C)(C)NC(=O)C2C)o1. The fraction of sp³-hybridized carbons (Fsp3) is 0.583. The summed E-state index contributed by atoms with van der Waals surface area (Å²) in [5.74, 6) is 0.831. The summed E-state index contributed by atoms with van der Waals surface area (Å²) in [6.45, 7) is 7.07. The van der Waals surface area contributed by atoms with Gasteiger partial charge in [0.1, 0.15) is 17.3 Å². The van der Waals surface area contributed by atoms with E-state index < -0.39 is 11.6 Å². The van der Waals surface area contributed by atoms with Gasteiger partial charge in [0.2, 0.25) is 17.7 Å². The summed E-state index contributed by atoms with van der Waals surface area (Å²) in [6.07, 6.45) is 1.60. The second-order valence-corrected chi connectivity index (χ2v) is 5.09. The number of carbonyl (C=O) groups is 2. The van der Waals surface area contributed by atoms with Gasteiger partial charge in [0, 0.05) is 0 Å². The van der Waals surface area contributed by atoms with Crippen LogP contribution in [0.5, 0.6) is 0 Å². The van der Waals surface area contributed by atoms with Crippen molar-refractivity contribution in [3.63, 3.8) is 0 Å². The molecule has 2 amide bonds. The van der Waals surface area contributed by atoms with Crippen LogP contribution in [0.4, 0.5) is 0 Å². The van der Waals surface area contributed by atoms with Crippen molar-refractivity contribution < 1.29 is 14.0 Å². The molecule has 6 nitrogen and oxygen atoms in total. The molecule has 1 saturated heterocycles. The Labute approximate surface area is 105 Å². The molecule has 0 aliphatic carbocycles. The zero-order valence-electron chi connectivity index (χ0n) is 11.0. The lowest BCUT2D eigenvalue weighted by atomic mass is 9.97. The molecule has 1 fully saturated rings. The van der Waals surface area contributed by atoms with E-state index in [-0.39, 0.29) is 18.4 Å². The number of piperazine rings is 1. The Hall–Kier alpha value is -1.85. The second-order valence-electron chi connectivity index (χ2n) is 5.09. The summed E-state index contributed by atoms with van der Waals surface area (Å²) in [7, 11) is 0. The van der Waals surface area contributed by atoms with Gasteiger partial charge in [0.05, 0.1) is 12.7 Å². The Morgan fingerprint density at radius 1 is 1.50 bits per heavy atom. The van der Waals surface area contributed by atoms with Gasteiger partial charge in [0.15, 0.2) is 0 Å². The zero-order chi connectivity index (χ0) is 13.5. The van der Waals surface area contributed by atoms with Crippen LogP contribution in [-0.4, -0.2) is 33.3 Å². The first-order chi connectivity index (χ1) is 8.31. The first-order valence-corrected chi connectivity index (χ1v) is 5.85. The molecule has 0 aromatic carbocycles. The van der Waals surface area contributed by atoms with Gasteiger partial charge in [-0.15, -0.1) is 0 Å². The van der Waals surface area contributed by atoms with Gasteiger partial charge < -0.3 is 14.6 Å². The Balaban J connectivity index is 2.23. The normalized spacial score (nSPS) is 23.1. The predicted octanol–water partition coefficient (Wildman–Crippen LogP) is 0.609. The van der Waals surface area contributed by atoms with E-state index in [4.69, 9.17) is 4.42 Å². The van der Waals surface area contributed by atoms with Crippen LogP contribution in [0.15, 0.2) is 10.6 Å². The Morgan fingerprint density at radius 2 is 2.17 bits per heavy atom. The number of hydrogen-bond donors (Lipinski definition) is 1. The number of rotatable bonds is 2. The highest BCUT2D eigenvalue weighted by Crippen LogP contribution is 2.20. The van der Waals surface area contributed by atoms with E-state index in [1.807, 2.05) is 0 Å². The minimum Gasteiger partial charge on any atom is -0.444 e. The maximum absolute atomic E-state index is 12.3. The molecule has 1 atom stereocenters. The highest BCUT2D eigenvalue weighted by Gasteiger charge is 2.43. The molecule has 2 heterocycles. The third-order valence-electron chi connectivity index (χ3n) is 3.05. The molecule has 18 heavy (non-hydrogen) atoms.